The second kappa shape index (κ2) is 4.15. The molecule has 2 aromatic rings. The molecular weight excluding hydrogens is 252 g/mol. The van der Waals surface area contributed by atoms with Gasteiger partial charge >= 0.3 is 0 Å². The van der Waals surface area contributed by atoms with Crippen LogP contribution in [0.2, 0.25) is 0 Å². The Morgan fingerprint density at radius 3 is 2.30 bits per heavy atom. The zero-order valence-electron chi connectivity index (χ0n) is 10.9. The number of rotatable bonds is 1. The number of carbonyl (C=O) groups is 2. The zero-order valence-corrected chi connectivity index (χ0v) is 10.9. The minimum Gasteiger partial charge on any atom is -0.315 e. The van der Waals surface area contributed by atoms with E-state index in [0.717, 1.165) is 10.8 Å². The second-order valence-electron chi connectivity index (χ2n) is 5.38. The fourth-order valence-corrected chi connectivity index (χ4v) is 3.28. The van der Waals surface area contributed by atoms with E-state index >= 15 is 0 Å². The number of imide groups is 1. The molecule has 20 heavy (non-hydrogen) atoms. The molecule has 4 heteroatoms. The molecule has 2 aromatic carbocycles. The summed E-state index contributed by atoms with van der Waals surface area (Å²) in [5.74, 6) is -0.523. The predicted molar refractivity (Wildman–Crippen MR) is 76.3 cm³/mol. The first-order valence-electron chi connectivity index (χ1n) is 6.83. The highest BCUT2D eigenvalue weighted by molar-refractivity contribution is 6.25. The Balaban J connectivity index is 1.88. The number of fused-ring (bicyclic) bond motifs is 2. The second-order valence-corrected chi connectivity index (χ2v) is 5.38. The standard InChI is InChI=1S/C16H14N2O2/c19-15-12-8-17-9-13(12)16(20)18(15)14-7-3-5-10-4-1-2-6-11(10)14/h1-7,12-13,17H,8-9H2. The van der Waals surface area contributed by atoms with E-state index in [4.69, 9.17) is 0 Å². The van der Waals surface area contributed by atoms with Gasteiger partial charge in [0, 0.05) is 18.5 Å². The summed E-state index contributed by atoms with van der Waals surface area (Å²) in [6.07, 6.45) is 0. The summed E-state index contributed by atoms with van der Waals surface area (Å²) in [5.41, 5.74) is 0.715. The van der Waals surface area contributed by atoms with E-state index < -0.39 is 0 Å². The molecule has 2 unspecified atom stereocenters. The first kappa shape index (κ1) is 11.6. The third kappa shape index (κ3) is 1.45. The maximum Gasteiger partial charge on any atom is 0.239 e. The molecule has 4 nitrogen and oxygen atoms in total. The van der Waals surface area contributed by atoms with Crippen LogP contribution in [0.4, 0.5) is 5.69 Å². The normalized spacial score (nSPS) is 25.5. The SMILES string of the molecule is O=C1C2CNCC2C(=O)N1c1cccc2ccccc12. The summed E-state index contributed by atoms with van der Waals surface area (Å²) in [5, 5.41) is 5.12. The van der Waals surface area contributed by atoms with Crippen molar-refractivity contribution in [1.29, 1.82) is 0 Å². The Bertz CT molecular complexity index is 698. The van der Waals surface area contributed by atoms with Gasteiger partial charge in [-0.1, -0.05) is 36.4 Å². The molecule has 0 saturated carbocycles. The molecule has 2 heterocycles. The lowest BCUT2D eigenvalue weighted by atomic mass is 10.00. The zero-order chi connectivity index (χ0) is 13.7. The van der Waals surface area contributed by atoms with E-state index in [0.29, 0.717) is 18.8 Å². The van der Waals surface area contributed by atoms with Crippen LogP contribution < -0.4 is 10.2 Å². The van der Waals surface area contributed by atoms with Crippen LogP contribution in [0.3, 0.4) is 0 Å². The molecule has 2 aliphatic heterocycles. The van der Waals surface area contributed by atoms with Crippen molar-refractivity contribution < 1.29 is 9.59 Å². The molecule has 0 radical (unpaired) electrons. The van der Waals surface area contributed by atoms with Crippen LogP contribution in [0.25, 0.3) is 10.8 Å². The lowest BCUT2D eigenvalue weighted by Gasteiger charge is -2.18. The highest BCUT2D eigenvalue weighted by Gasteiger charge is 2.50. The monoisotopic (exact) mass is 266 g/mol. The van der Waals surface area contributed by atoms with E-state index in [1.165, 1.54) is 4.90 Å². The largest absolute Gasteiger partial charge is 0.315 e. The van der Waals surface area contributed by atoms with Crippen LogP contribution in [0.15, 0.2) is 42.5 Å². The van der Waals surface area contributed by atoms with E-state index in [1.807, 2.05) is 42.5 Å². The Morgan fingerprint density at radius 2 is 1.55 bits per heavy atom. The highest BCUT2D eigenvalue weighted by Crippen LogP contribution is 2.36. The van der Waals surface area contributed by atoms with Gasteiger partial charge < -0.3 is 5.32 Å². The Hall–Kier alpha value is -2.20. The third-order valence-electron chi connectivity index (χ3n) is 4.30. The van der Waals surface area contributed by atoms with Gasteiger partial charge in [0.05, 0.1) is 17.5 Å². The summed E-state index contributed by atoms with van der Waals surface area (Å²) in [6.45, 7) is 1.22. The Morgan fingerprint density at radius 1 is 0.900 bits per heavy atom. The summed E-state index contributed by atoms with van der Waals surface area (Å²) in [7, 11) is 0. The maximum absolute atomic E-state index is 12.5. The van der Waals surface area contributed by atoms with Crippen molar-refractivity contribution in [2.75, 3.05) is 18.0 Å². The lowest BCUT2D eigenvalue weighted by molar-refractivity contribution is -0.122. The lowest BCUT2D eigenvalue weighted by Crippen LogP contribution is -2.34. The average molecular weight is 266 g/mol. The summed E-state index contributed by atoms with van der Waals surface area (Å²) in [6, 6.07) is 13.6. The van der Waals surface area contributed by atoms with Gasteiger partial charge in [-0.3, -0.25) is 9.59 Å². The molecule has 2 fully saturated rings. The van der Waals surface area contributed by atoms with Gasteiger partial charge in [-0.05, 0) is 11.5 Å². The quantitative estimate of drug-likeness (QED) is 0.797. The van der Waals surface area contributed by atoms with Crippen molar-refractivity contribution in [2.24, 2.45) is 11.8 Å². The molecule has 4 rings (SSSR count). The van der Waals surface area contributed by atoms with E-state index in [2.05, 4.69) is 5.32 Å². The van der Waals surface area contributed by atoms with Gasteiger partial charge in [-0.2, -0.15) is 0 Å². The van der Waals surface area contributed by atoms with Crippen LogP contribution >= 0.6 is 0 Å². The van der Waals surface area contributed by atoms with Crippen LogP contribution in [0, 0.1) is 11.8 Å². The average Bonchev–Trinajstić information content (AvgIpc) is 3.04. The molecular formula is C16H14N2O2. The number of amides is 2. The van der Waals surface area contributed by atoms with Crippen LogP contribution in [0.5, 0.6) is 0 Å². The van der Waals surface area contributed by atoms with Gasteiger partial charge in [0.25, 0.3) is 0 Å². The molecule has 0 aliphatic carbocycles. The van der Waals surface area contributed by atoms with Crippen LogP contribution in [-0.2, 0) is 9.59 Å². The number of nitrogens with one attached hydrogen (secondary N) is 1. The third-order valence-corrected chi connectivity index (χ3v) is 4.30. The summed E-state index contributed by atoms with van der Waals surface area (Å²) in [4.78, 5) is 26.4. The van der Waals surface area contributed by atoms with Crippen molar-refractivity contribution in [2.45, 2.75) is 0 Å². The molecule has 100 valence electrons. The van der Waals surface area contributed by atoms with Crippen molar-refractivity contribution in [3.63, 3.8) is 0 Å². The van der Waals surface area contributed by atoms with Crippen molar-refractivity contribution in [3.8, 4) is 0 Å². The molecule has 2 atom stereocenters. The smallest absolute Gasteiger partial charge is 0.239 e. The van der Waals surface area contributed by atoms with Gasteiger partial charge in [-0.15, -0.1) is 0 Å². The van der Waals surface area contributed by atoms with E-state index in [1.54, 1.807) is 0 Å². The van der Waals surface area contributed by atoms with Gasteiger partial charge in [0.2, 0.25) is 11.8 Å². The number of hydrogen-bond donors (Lipinski definition) is 1. The fourth-order valence-electron chi connectivity index (χ4n) is 3.28. The minimum atomic E-state index is -0.193. The van der Waals surface area contributed by atoms with E-state index in [-0.39, 0.29) is 23.7 Å². The van der Waals surface area contributed by atoms with Crippen molar-refractivity contribution >= 4 is 28.3 Å². The highest BCUT2D eigenvalue weighted by atomic mass is 16.2. The number of benzene rings is 2. The first-order chi connectivity index (χ1) is 9.77. The molecule has 1 N–H and O–H groups in total. The van der Waals surface area contributed by atoms with Crippen molar-refractivity contribution in [1.82, 2.24) is 5.32 Å². The minimum absolute atomic E-state index is 0.0682. The van der Waals surface area contributed by atoms with Crippen LogP contribution in [0.1, 0.15) is 0 Å². The maximum atomic E-state index is 12.5. The molecule has 2 amide bonds. The number of anilines is 1. The molecule has 2 saturated heterocycles. The van der Waals surface area contributed by atoms with Crippen LogP contribution in [-0.4, -0.2) is 24.9 Å². The Labute approximate surface area is 116 Å². The number of hydrogen-bond acceptors (Lipinski definition) is 3. The van der Waals surface area contributed by atoms with Crippen molar-refractivity contribution in [3.05, 3.63) is 42.5 Å². The van der Waals surface area contributed by atoms with Gasteiger partial charge in [-0.25, -0.2) is 4.90 Å². The summed E-state index contributed by atoms with van der Waals surface area (Å²) >= 11 is 0. The molecule has 0 bridgehead atoms. The van der Waals surface area contributed by atoms with E-state index in [9.17, 15) is 9.59 Å². The first-order valence-corrected chi connectivity index (χ1v) is 6.83. The number of nitrogens with zero attached hydrogens (tertiary/aromatic N) is 1. The molecule has 0 spiro atoms. The van der Waals surface area contributed by atoms with Gasteiger partial charge in [0.1, 0.15) is 0 Å². The fraction of sp³-hybridized carbons (Fsp3) is 0.250. The molecule has 2 aliphatic rings. The topological polar surface area (TPSA) is 49.4 Å². The Kier molecular flexibility index (Phi) is 2.41. The number of carbonyl (C=O) groups excluding carboxylic acids is 2. The summed E-state index contributed by atoms with van der Waals surface area (Å²) < 4.78 is 0. The van der Waals surface area contributed by atoms with Gasteiger partial charge in [0.15, 0.2) is 0 Å². The molecule has 0 aromatic heterocycles. The predicted octanol–water partition coefficient (Wildman–Crippen LogP) is 1.55.